The third-order valence-electron chi connectivity index (χ3n) is 4.51. The summed E-state index contributed by atoms with van der Waals surface area (Å²) in [5.74, 6) is -0.758. The highest BCUT2D eigenvalue weighted by atomic mass is 32.2. The third kappa shape index (κ3) is 7.75. The minimum Gasteiger partial charge on any atom is -0.463 e. The maximum atomic E-state index is 12.5. The van der Waals surface area contributed by atoms with Crippen LogP contribution in [0.15, 0.2) is 90.3 Å². The Balaban J connectivity index is 1.57. The van der Waals surface area contributed by atoms with Crippen molar-refractivity contribution in [3.63, 3.8) is 0 Å². The normalized spacial score (nSPS) is 11.4. The number of rotatable bonds is 9. The molecule has 0 spiro atoms. The van der Waals surface area contributed by atoms with E-state index < -0.39 is 16.0 Å². The maximum Gasteiger partial charge on any atom is 0.330 e. The van der Waals surface area contributed by atoms with Crippen molar-refractivity contribution in [1.29, 1.82) is 0 Å². The summed E-state index contributed by atoms with van der Waals surface area (Å²) in [5.41, 5.74) is 2.84. The summed E-state index contributed by atoms with van der Waals surface area (Å²) < 4.78 is 31.8. The van der Waals surface area contributed by atoms with Gasteiger partial charge in [0.05, 0.1) is 12.0 Å². The first-order valence-corrected chi connectivity index (χ1v) is 12.0. The molecule has 3 aromatic rings. The first-order valence-electron chi connectivity index (χ1n) is 10.5. The lowest BCUT2D eigenvalue weighted by molar-refractivity contribution is -0.137. The van der Waals surface area contributed by atoms with Gasteiger partial charge in [0.1, 0.15) is 0 Å². The summed E-state index contributed by atoms with van der Waals surface area (Å²) in [6, 6.07) is 22.1. The molecule has 0 fully saturated rings. The van der Waals surface area contributed by atoms with Crippen molar-refractivity contribution in [2.24, 2.45) is 0 Å². The fourth-order valence-corrected chi connectivity index (χ4v) is 3.72. The Kier molecular flexibility index (Phi) is 8.37. The number of hydrogen-bond donors (Lipinski definition) is 2. The Morgan fingerprint density at radius 1 is 0.824 bits per heavy atom. The molecule has 1 amide bonds. The van der Waals surface area contributed by atoms with Gasteiger partial charge < -0.3 is 10.1 Å². The molecule has 0 aliphatic carbocycles. The van der Waals surface area contributed by atoms with E-state index in [4.69, 9.17) is 4.74 Å². The van der Waals surface area contributed by atoms with Crippen LogP contribution in [0, 0.1) is 0 Å². The van der Waals surface area contributed by atoms with Crippen molar-refractivity contribution in [3.05, 3.63) is 107 Å². The van der Waals surface area contributed by atoms with E-state index >= 15 is 0 Å². The van der Waals surface area contributed by atoms with E-state index in [2.05, 4.69) is 10.0 Å². The number of anilines is 2. The molecule has 0 saturated carbocycles. The second-order valence-corrected chi connectivity index (χ2v) is 8.67. The van der Waals surface area contributed by atoms with E-state index in [1.54, 1.807) is 49.4 Å². The van der Waals surface area contributed by atoms with Gasteiger partial charge in [-0.15, -0.1) is 0 Å². The largest absolute Gasteiger partial charge is 0.463 e. The Hall–Kier alpha value is -4.17. The molecule has 0 aliphatic heterocycles. The Morgan fingerprint density at radius 3 is 2.09 bits per heavy atom. The number of esters is 1. The molecular weight excluding hydrogens is 452 g/mol. The van der Waals surface area contributed by atoms with Gasteiger partial charge in [0.15, 0.2) is 0 Å². The first kappa shape index (κ1) is 24.5. The number of carbonyl (C=O) groups excluding carboxylic acids is 2. The zero-order valence-electron chi connectivity index (χ0n) is 18.5. The number of sulfonamides is 1. The summed E-state index contributed by atoms with van der Waals surface area (Å²) >= 11 is 0. The molecule has 0 heterocycles. The molecule has 0 atom stereocenters. The predicted octanol–water partition coefficient (Wildman–Crippen LogP) is 4.93. The van der Waals surface area contributed by atoms with E-state index in [1.165, 1.54) is 36.4 Å². The van der Waals surface area contributed by atoms with Crippen LogP contribution in [-0.4, -0.2) is 26.9 Å². The number of nitrogens with one attached hydrogen (secondary N) is 2. The van der Waals surface area contributed by atoms with Crippen LogP contribution in [0.25, 0.3) is 12.2 Å². The standard InChI is InChI=1S/C26H24N2O5S/c1-2-33-25(29)17-10-21-8-13-23(14-9-21)27-26(30)22-11-15-24(16-12-22)28-34(31,32)19-18-20-6-4-3-5-7-20/h3-19,28H,2H2,1H3,(H,27,30)/b17-10+,19-18+. The van der Waals surface area contributed by atoms with Crippen molar-refractivity contribution in [1.82, 2.24) is 0 Å². The van der Waals surface area contributed by atoms with Crippen molar-refractivity contribution >= 4 is 45.4 Å². The summed E-state index contributed by atoms with van der Waals surface area (Å²) in [7, 11) is -3.70. The Morgan fingerprint density at radius 2 is 1.44 bits per heavy atom. The molecule has 174 valence electrons. The van der Waals surface area contributed by atoms with Crippen LogP contribution in [0.5, 0.6) is 0 Å². The Labute approximate surface area is 198 Å². The lowest BCUT2D eigenvalue weighted by Crippen LogP contribution is -2.12. The van der Waals surface area contributed by atoms with Gasteiger partial charge in [-0.05, 0) is 66.6 Å². The summed E-state index contributed by atoms with van der Waals surface area (Å²) in [4.78, 5) is 23.9. The quantitative estimate of drug-likeness (QED) is 0.337. The van der Waals surface area contributed by atoms with Crippen LogP contribution in [0.2, 0.25) is 0 Å². The average molecular weight is 477 g/mol. The van der Waals surface area contributed by atoms with Crippen LogP contribution in [0.3, 0.4) is 0 Å². The summed E-state index contributed by atoms with van der Waals surface area (Å²) in [6.45, 7) is 2.05. The molecule has 0 aliphatic rings. The van der Waals surface area contributed by atoms with Gasteiger partial charge in [0.2, 0.25) is 0 Å². The summed E-state index contributed by atoms with van der Waals surface area (Å²) in [6.07, 6.45) is 4.46. The van der Waals surface area contributed by atoms with Crippen LogP contribution in [0.4, 0.5) is 11.4 Å². The molecule has 2 N–H and O–H groups in total. The second kappa shape index (κ2) is 11.6. The smallest absolute Gasteiger partial charge is 0.330 e. The lowest BCUT2D eigenvalue weighted by atomic mass is 10.1. The fourth-order valence-electron chi connectivity index (χ4n) is 2.86. The lowest BCUT2D eigenvalue weighted by Gasteiger charge is -2.08. The van der Waals surface area contributed by atoms with E-state index in [9.17, 15) is 18.0 Å². The predicted molar refractivity (Wildman–Crippen MR) is 135 cm³/mol. The van der Waals surface area contributed by atoms with Crippen LogP contribution < -0.4 is 10.0 Å². The first-order chi connectivity index (χ1) is 16.3. The minimum absolute atomic E-state index is 0.312. The molecule has 8 heteroatoms. The van der Waals surface area contributed by atoms with Crippen LogP contribution in [-0.2, 0) is 19.6 Å². The zero-order valence-corrected chi connectivity index (χ0v) is 19.3. The minimum atomic E-state index is -3.70. The highest BCUT2D eigenvalue weighted by molar-refractivity contribution is 7.95. The zero-order chi connectivity index (χ0) is 24.4. The fraction of sp³-hybridized carbons (Fsp3) is 0.0769. The number of ether oxygens (including phenoxy) is 1. The topological polar surface area (TPSA) is 102 Å². The highest BCUT2D eigenvalue weighted by Gasteiger charge is 2.09. The van der Waals surface area contributed by atoms with Crippen LogP contribution >= 0.6 is 0 Å². The van der Waals surface area contributed by atoms with E-state index in [0.717, 1.165) is 16.5 Å². The van der Waals surface area contributed by atoms with E-state index in [-0.39, 0.29) is 5.91 Å². The van der Waals surface area contributed by atoms with Gasteiger partial charge in [0.25, 0.3) is 15.9 Å². The monoisotopic (exact) mass is 476 g/mol. The number of hydrogen-bond acceptors (Lipinski definition) is 5. The SMILES string of the molecule is CCOC(=O)/C=C/c1ccc(NC(=O)c2ccc(NS(=O)(=O)/C=C/c3ccccc3)cc2)cc1. The van der Waals surface area contributed by atoms with Gasteiger partial charge in [0, 0.05) is 23.0 Å². The molecular formula is C26H24N2O5S. The van der Waals surface area contributed by atoms with Gasteiger partial charge in [-0.1, -0.05) is 42.5 Å². The molecule has 0 saturated heterocycles. The Bertz CT molecular complexity index is 1280. The van der Waals surface area contributed by atoms with Crippen molar-refractivity contribution in [3.8, 4) is 0 Å². The number of carbonyl (C=O) groups is 2. The molecule has 3 aromatic carbocycles. The van der Waals surface area contributed by atoms with Gasteiger partial charge in [-0.25, -0.2) is 13.2 Å². The second-order valence-electron chi connectivity index (χ2n) is 7.10. The maximum absolute atomic E-state index is 12.5. The molecule has 7 nitrogen and oxygen atoms in total. The summed E-state index contributed by atoms with van der Waals surface area (Å²) in [5, 5.41) is 3.86. The van der Waals surface area contributed by atoms with E-state index in [1.807, 2.05) is 18.2 Å². The molecule has 0 radical (unpaired) electrons. The molecule has 0 unspecified atom stereocenters. The van der Waals surface area contributed by atoms with Crippen molar-refractivity contribution < 1.29 is 22.7 Å². The molecule has 0 aromatic heterocycles. The van der Waals surface area contributed by atoms with Gasteiger partial charge in [-0.2, -0.15) is 0 Å². The third-order valence-corrected chi connectivity index (χ3v) is 5.53. The van der Waals surface area contributed by atoms with Gasteiger partial charge in [-0.3, -0.25) is 9.52 Å². The number of benzene rings is 3. The molecule has 3 rings (SSSR count). The molecule has 0 bridgehead atoms. The molecule has 34 heavy (non-hydrogen) atoms. The van der Waals surface area contributed by atoms with Crippen molar-refractivity contribution in [2.45, 2.75) is 6.92 Å². The van der Waals surface area contributed by atoms with Crippen molar-refractivity contribution in [2.75, 3.05) is 16.6 Å². The highest BCUT2D eigenvalue weighted by Crippen LogP contribution is 2.16. The van der Waals surface area contributed by atoms with Crippen LogP contribution in [0.1, 0.15) is 28.4 Å². The van der Waals surface area contributed by atoms with Gasteiger partial charge >= 0.3 is 5.97 Å². The van der Waals surface area contributed by atoms with E-state index in [0.29, 0.717) is 23.5 Å². The number of amides is 1. The average Bonchev–Trinajstić information content (AvgIpc) is 2.83.